The second-order valence-electron chi connectivity index (χ2n) is 7.21. The Morgan fingerprint density at radius 3 is 2.12 bits per heavy atom. The van der Waals surface area contributed by atoms with E-state index < -0.39 is 22.5 Å². The molecule has 0 aliphatic rings. The molecule has 0 unspecified atom stereocenters. The van der Waals surface area contributed by atoms with Crippen LogP contribution in [0.4, 0.5) is 11.4 Å². The number of anilines is 2. The van der Waals surface area contributed by atoms with Crippen LogP contribution in [0.25, 0.3) is 0 Å². The molecule has 0 radical (unpaired) electrons. The molecule has 3 aromatic rings. The number of nitrogens with zero attached hydrogens (tertiary/aromatic N) is 1. The van der Waals surface area contributed by atoms with Crippen molar-refractivity contribution in [3.05, 3.63) is 81.8 Å². The van der Waals surface area contributed by atoms with Crippen LogP contribution >= 0.6 is 23.2 Å². The number of carbonyl (C=O) groups is 1. The van der Waals surface area contributed by atoms with Gasteiger partial charge in [-0.25, -0.2) is 8.42 Å². The van der Waals surface area contributed by atoms with Crippen LogP contribution in [0, 0.1) is 13.8 Å². The lowest BCUT2D eigenvalue weighted by atomic mass is 10.2. The molecule has 1 N–H and O–H groups in total. The molecule has 0 saturated heterocycles. The quantitative estimate of drug-likeness (QED) is 0.475. The van der Waals surface area contributed by atoms with E-state index in [2.05, 4.69) is 5.32 Å². The Morgan fingerprint density at radius 1 is 0.938 bits per heavy atom. The maximum atomic E-state index is 13.6. The van der Waals surface area contributed by atoms with E-state index in [1.807, 2.05) is 13.8 Å². The van der Waals surface area contributed by atoms with Crippen molar-refractivity contribution in [2.24, 2.45) is 0 Å². The third kappa shape index (κ3) is 5.54. The molecule has 3 aromatic carbocycles. The van der Waals surface area contributed by atoms with Gasteiger partial charge >= 0.3 is 0 Å². The predicted molar refractivity (Wildman–Crippen MR) is 129 cm³/mol. The molecule has 32 heavy (non-hydrogen) atoms. The number of hydrogen-bond donors (Lipinski definition) is 1. The lowest BCUT2D eigenvalue weighted by molar-refractivity contribution is -0.114. The van der Waals surface area contributed by atoms with Crippen LogP contribution in [0.1, 0.15) is 11.1 Å². The Morgan fingerprint density at radius 2 is 1.53 bits per heavy atom. The number of hydrogen-bond acceptors (Lipinski definition) is 4. The van der Waals surface area contributed by atoms with Crippen molar-refractivity contribution in [3.63, 3.8) is 0 Å². The fourth-order valence-corrected chi connectivity index (χ4v) is 5.04. The molecule has 0 atom stereocenters. The van der Waals surface area contributed by atoms with Crippen LogP contribution in [0.3, 0.4) is 0 Å². The average molecular weight is 493 g/mol. The highest BCUT2D eigenvalue weighted by Crippen LogP contribution is 2.33. The van der Waals surface area contributed by atoms with Gasteiger partial charge in [-0.2, -0.15) is 0 Å². The molecule has 3 rings (SSSR count). The Bertz CT molecular complexity index is 1230. The summed E-state index contributed by atoms with van der Waals surface area (Å²) in [6.45, 7) is 3.20. The van der Waals surface area contributed by atoms with Crippen molar-refractivity contribution in [3.8, 4) is 5.75 Å². The maximum absolute atomic E-state index is 13.6. The molecular formula is C23H22Cl2N2O4S. The molecule has 0 aromatic heterocycles. The highest BCUT2D eigenvalue weighted by Gasteiger charge is 2.29. The van der Waals surface area contributed by atoms with Crippen molar-refractivity contribution in [2.75, 3.05) is 23.3 Å². The van der Waals surface area contributed by atoms with Gasteiger partial charge < -0.3 is 10.1 Å². The summed E-state index contributed by atoms with van der Waals surface area (Å²) >= 11 is 12.0. The van der Waals surface area contributed by atoms with Gasteiger partial charge in [-0.05, 0) is 61.9 Å². The van der Waals surface area contributed by atoms with Crippen molar-refractivity contribution in [2.45, 2.75) is 18.7 Å². The minimum Gasteiger partial charge on any atom is -0.495 e. The molecule has 0 bridgehead atoms. The monoisotopic (exact) mass is 492 g/mol. The molecule has 0 spiro atoms. The summed E-state index contributed by atoms with van der Waals surface area (Å²) in [6.07, 6.45) is 0. The van der Waals surface area contributed by atoms with E-state index in [0.29, 0.717) is 21.5 Å². The van der Waals surface area contributed by atoms with E-state index in [9.17, 15) is 13.2 Å². The maximum Gasteiger partial charge on any atom is 0.264 e. The van der Waals surface area contributed by atoms with Crippen LogP contribution in [0.15, 0.2) is 65.6 Å². The minimum absolute atomic E-state index is 0.0604. The summed E-state index contributed by atoms with van der Waals surface area (Å²) < 4.78 is 33.6. The van der Waals surface area contributed by atoms with Crippen LogP contribution < -0.4 is 14.4 Å². The highest BCUT2D eigenvalue weighted by atomic mass is 35.5. The summed E-state index contributed by atoms with van der Waals surface area (Å²) in [5, 5.41) is 3.34. The van der Waals surface area contributed by atoms with Gasteiger partial charge in [0.05, 0.1) is 17.7 Å². The Kier molecular flexibility index (Phi) is 7.33. The van der Waals surface area contributed by atoms with E-state index in [1.54, 1.807) is 30.3 Å². The normalized spacial score (nSPS) is 11.2. The van der Waals surface area contributed by atoms with Crippen LogP contribution in [-0.4, -0.2) is 28.0 Å². The molecule has 9 heteroatoms. The first-order chi connectivity index (χ1) is 15.1. The Labute approximate surface area is 197 Å². The smallest absolute Gasteiger partial charge is 0.264 e. The summed E-state index contributed by atoms with van der Waals surface area (Å²) in [6, 6.07) is 16.1. The fourth-order valence-electron chi connectivity index (χ4n) is 3.09. The van der Waals surface area contributed by atoms with Gasteiger partial charge in [0.25, 0.3) is 10.0 Å². The second-order valence-corrected chi connectivity index (χ2v) is 9.94. The number of nitrogens with one attached hydrogen (secondary N) is 1. The van der Waals surface area contributed by atoms with Gasteiger partial charge in [0.2, 0.25) is 5.91 Å². The Balaban J connectivity index is 2.03. The zero-order valence-electron chi connectivity index (χ0n) is 17.7. The standard InChI is InChI=1S/C23H22Cl2N2O4S/c1-15-4-7-20(8-5-15)32(29,30)27(21-10-16(2)6-9-22(21)31-3)14-23(28)26-19-12-17(24)11-18(25)13-19/h4-13H,14H2,1-3H3,(H,26,28). The van der Waals surface area contributed by atoms with Crippen LogP contribution in [-0.2, 0) is 14.8 Å². The molecule has 0 aliphatic carbocycles. The summed E-state index contributed by atoms with van der Waals surface area (Å²) in [5.74, 6) is -0.243. The number of carbonyl (C=O) groups excluding carboxylic acids is 1. The van der Waals surface area contributed by atoms with Crippen LogP contribution in [0.5, 0.6) is 5.75 Å². The first-order valence-electron chi connectivity index (χ1n) is 9.60. The van der Waals surface area contributed by atoms with Crippen LogP contribution in [0.2, 0.25) is 10.0 Å². The van der Waals surface area contributed by atoms with Crippen molar-refractivity contribution >= 4 is 50.5 Å². The van der Waals surface area contributed by atoms with E-state index >= 15 is 0 Å². The molecule has 6 nitrogen and oxygen atoms in total. The molecule has 0 fully saturated rings. The number of rotatable bonds is 7. The molecule has 168 valence electrons. The van der Waals surface area contributed by atoms with Gasteiger partial charge in [0.1, 0.15) is 12.3 Å². The lowest BCUT2D eigenvalue weighted by Crippen LogP contribution is -2.38. The third-order valence-corrected chi connectivity index (χ3v) is 6.86. The number of methoxy groups -OCH3 is 1. The third-order valence-electron chi connectivity index (χ3n) is 4.65. The molecule has 1 amide bonds. The zero-order valence-corrected chi connectivity index (χ0v) is 20.1. The SMILES string of the molecule is COc1ccc(C)cc1N(CC(=O)Nc1cc(Cl)cc(Cl)c1)S(=O)(=O)c1ccc(C)cc1. The minimum atomic E-state index is -4.08. The van der Waals surface area contributed by atoms with Crippen molar-refractivity contribution < 1.29 is 17.9 Å². The first-order valence-corrected chi connectivity index (χ1v) is 11.8. The molecular weight excluding hydrogens is 471 g/mol. The first kappa shape index (κ1) is 23.9. The average Bonchev–Trinajstić information content (AvgIpc) is 2.71. The largest absolute Gasteiger partial charge is 0.495 e. The zero-order chi connectivity index (χ0) is 23.5. The topological polar surface area (TPSA) is 75.7 Å². The summed E-state index contributed by atoms with van der Waals surface area (Å²) in [7, 11) is -2.64. The van der Waals surface area contributed by atoms with Gasteiger partial charge in [-0.15, -0.1) is 0 Å². The van der Waals surface area contributed by atoms with Crippen molar-refractivity contribution in [1.82, 2.24) is 0 Å². The summed E-state index contributed by atoms with van der Waals surface area (Å²) in [4.78, 5) is 13.0. The number of aryl methyl sites for hydroxylation is 2. The lowest BCUT2D eigenvalue weighted by Gasteiger charge is -2.26. The second kappa shape index (κ2) is 9.81. The number of amides is 1. The fraction of sp³-hybridized carbons (Fsp3) is 0.174. The number of sulfonamides is 1. The Hall–Kier alpha value is -2.74. The van der Waals surface area contributed by atoms with Gasteiger partial charge in [0.15, 0.2) is 0 Å². The highest BCUT2D eigenvalue weighted by molar-refractivity contribution is 7.92. The van der Waals surface area contributed by atoms with Gasteiger partial charge in [-0.3, -0.25) is 9.10 Å². The van der Waals surface area contributed by atoms with E-state index in [4.69, 9.17) is 27.9 Å². The summed E-state index contributed by atoms with van der Waals surface area (Å²) in [5.41, 5.74) is 2.34. The molecule has 0 saturated carbocycles. The predicted octanol–water partition coefficient (Wildman–Crippen LogP) is 5.45. The van der Waals surface area contributed by atoms with Gasteiger partial charge in [0, 0.05) is 15.7 Å². The van der Waals surface area contributed by atoms with Crippen molar-refractivity contribution in [1.29, 1.82) is 0 Å². The van der Waals surface area contributed by atoms with Gasteiger partial charge in [-0.1, -0.05) is 47.0 Å². The van der Waals surface area contributed by atoms with E-state index in [0.717, 1.165) is 15.4 Å². The van der Waals surface area contributed by atoms with E-state index in [1.165, 1.54) is 37.4 Å². The van der Waals surface area contributed by atoms with E-state index in [-0.39, 0.29) is 10.6 Å². The number of halogens is 2. The number of benzene rings is 3. The molecule has 0 aliphatic heterocycles. The number of ether oxygens (including phenoxy) is 1. The molecule has 0 heterocycles.